The van der Waals surface area contributed by atoms with Gasteiger partial charge < -0.3 is 10.6 Å². The second-order valence-electron chi connectivity index (χ2n) is 4.29. The number of fused-ring (bicyclic) bond motifs is 1. The number of nitro benzene ring substituents is 1. The van der Waals surface area contributed by atoms with Gasteiger partial charge in [0.25, 0.3) is 5.69 Å². The zero-order valence-electron chi connectivity index (χ0n) is 10.2. The topological polar surface area (TPSA) is 84.3 Å². The summed E-state index contributed by atoms with van der Waals surface area (Å²) in [4.78, 5) is 21.8. The largest absolute Gasteiger partial charge is 0.379 e. The number of carbonyl (C=O) groups excluding carboxylic acids is 1. The third-order valence-corrected chi connectivity index (χ3v) is 2.89. The van der Waals surface area contributed by atoms with Crippen molar-refractivity contribution in [1.29, 1.82) is 0 Å². The molecule has 1 amide bonds. The highest BCUT2D eigenvalue weighted by Gasteiger charge is 2.24. The van der Waals surface area contributed by atoms with Gasteiger partial charge in [-0.05, 0) is 18.1 Å². The van der Waals surface area contributed by atoms with Crippen molar-refractivity contribution in [3.63, 3.8) is 0 Å². The van der Waals surface area contributed by atoms with Crippen molar-refractivity contribution in [1.82, 2.24) is 0 Å². The molecule has 0 saturated heterocycles. The lowest BCUT2D eigenvalue weighted by atomic mass is 10.1. The molecular weight excluding hydrogens is 234 g/mol. The smallest absolute Gasteiger partial charge is 0.292 e. The maximum Gasteiger partial charge on any atom is 0.292 e. The SMILES string of the molecule is CCCCNc1cc2c(cc1[N+](=O)[O-])CC(=O)N2. The molecule has 1 heterocycles. The maximum absolute atomic E-state index is 11.3. The van der Waals surface area contributed by atoms with E-state index in [0.717, 1.165) is 12.8 Å². The molecule has 0 aliphatic carbocycles. The number of anilines is 2. The van der Waals surface area contributed by atoms with E-state index in [4.69, 9.17) is 0 Å². The molecule has 0 unspecified atom stereocenters. The molecule has 6 heteroatoms. The first kappa shape index (κ1) is 12.3. The summed E-state index contributed by atoms with van der Waals surface area (Å²) in [6, 6.07) is 3.12. The second-order valence-corrected chi connectivity index (χ2v) is 4.29. The number of nitro groups is 1. The van der Waals surface area contributed by atoms with Crippen LogP contribution >= 0.6 is 0 Å². The normalized spacial score (nSPS) is 13.1. The summed E-state index contributed by atoms with van der Waals surface area (Å²) in [5.41, 5.74) is 1.85. The van der Waals surface area contributed by atoms with Crippen molar-refractivity contribution >= 4 is 23.0 Å². The first-order valence-corrected chi connectivity index (χ1v) is 5.97. The fourth-order valence-electron chi connectivity index (χ4n) is 1.95. The zero-order chi connectivity index (χ0) is 13.1. The molecule has 0 spiro atoms. The number of nitrogens with zero attached hydrogens (tertiary/aromatic N) is 1. The molecule has 1 aromatic rings. The van der Waals surface area contributed by atoms with Crippen molar-refractivity contribution in [3.8, 4) is 0 Å². The lowest BCUT2D eigenvalue weighted by Gasteiger charge is -2.08. The Bertz CT molecular complexity index is 500. The van der Waals surface area contributed by atoms with E-state index in [9.17, 15) is 14.9 Å². The summed E-state index contributed by atoms with van der Waals surface area (Å²) < 4.78 is 0. The molecule has 96 valence electrons. The standard InChI is InChI=1S/C12H15N3O3/c1-2-3-4-13-10-7-9-8(6-12(16)14-9)5-11(10)15(17)18/h5,7,13H,2-4,6H2,1H3,(H,14,16). The Morgan fingerprint density at radius 1 is 1.50 bits per heavy atom. The number of benzene rings is 1. The number of carbonyl (C=O) groups is 1. The minimum atomic E-state index is -0.419. The van der Waals surface area contributed by atoms with E-state index >= 15 is 0 Å². The van der Waals surface area contributed by atoms with Crippen LogP contribution in [0.25, 0.3) is 0 Å². The van der Waals surface area contributed by atoms with Crippen molar-refractivity contribution < 1.29 is 9.72 Å². The number of rotatable bonds is 5. The van der Waals surface area contributed by atoms with Crippen LogP contribution in [0.5, 0.6) is 0 Å². The molecule has 1 aromatic carbocycles. The average molecular weight is 249 g/mol. The van der Waals surface area contributed by atoms with E-state index in [1.54, 1.807) is 6.07 Å². The highest BCUT2D eigenvalue weighted by molar-refractivity contribution is 6.00. The molecule has 1 aliphatic rings. The van der Waals surface area contributed by atoms with Crippen LogP contribution in [0.2, 0.25) is 0 Å². The van der Waals surface area contributed by atoms with Gasteiger partial charge in [-0.25, -0.2) is 0 Å². The fourth-order valence-corrected chi connectivity index (χ4v) is 1.95. The van der Waals surface area contributed by atoms with E-state index in [0.29, 0.717) is 23.5 Å². The quantitative estimate of drug-likeness (QED) is 0.476. The third kappa shape index (κ3) is 2.42. The maximum atomic E-state index is 11.3. The average Bonchev–Trinajstić information content (AvgIpc) is 2.67. The Morgan fingerprint density at radius 2 is 2.28 bits per heavy atom. The molecule has 18 heavy (non-hydrogen) atoms. The molecule has 0 fully saturated rings. The molecular formula is C12H15N3O3. The van der Waals surface area contributed by atoms with Gasteiger partial charge in [0.1, 0.15) is 5.69 Å². The van der Waals surface area contributed by atoms with Crippen LogP contribution < -0.4 is 10.6 Å². The van der Waals surface area contributed by atoms with Crippen LogP contribution in [0, 0.1) is 10.1 Å². The van der Waals surface area contributed by atoms with Crippen LogP contribution in [0.15, 0.2) is 12.1 Å². The third-order valence-electron chi connectivity index (χ3n) is 2.89. The molecule has 2 rings (SSSR count). The number of amides is 1. The summed E-state index contributed by atoms with van der Waals surface area (Å²) in [5.74, 6) is -0.120. The number of hydrogen-bond donors (Lipinski definition) is 2. The van der Waals surface area contributed by atoms with Gasteiger partial charge in [0.15, 0.2) is 0 Å². The van der Waals surface area contributed by atoms with Crippen molar-refractivity contribution in [3.05, 3.63) is 27.8 Å². The van der Waals surface area contributed by atoms with Crippen LogP contribution in [-0.2, 0) is 11.2 Å². The zero-order valence-corrected chi connectivity index (χ0v) is 10.2. The Morgan fingerprint density at radius 3 is 2.94 bits per heavy atom. The fraction of sp³-hybridized carbons (Fsp3) is 0.417. The van der Waals surface area contributed by atoms with Gasteiger partial charge in [0, 0.05) is 18.3 Å². The van der Waals surface area contributed by atoms with Crippen molar-refractivity contribution in [2.24, 2.45) is 0 Å². The first-order chi connectivity index (χ1) is 8.61. The number of hydrogen-bond acceptors (Lipinski definition) is 4. The van der Waals surface area contributed by atoms with E-state index in [1.165, 1.54) is 6.07 Å². The summed E-state index contributed by atoms with van der Waals surface area (Å²) in [7, 11) is 0. The van der Waals surface area contributed by atoms with Crippen LogP contribution in [0.1, 0.15) is 25.3 Å². The van der Waals surface area contributed by atoms with E-state index in [2.05, 4.69) is 17.6 Å². The van der Waals surface area contributed by atoms with Crippen LogP contribution in [-0.4, -0.2) is 17.4 Å². The monoisotopic (exact) mass is 249 g/mol. The lowest BCUT2D eigenvalue weighted by molar-refractivity contribution is -0.384. The summed E-state index contributed by atoms with van der Waals surface area (Å²) in [6.45, 7) is 2.74. The van der Waals surface area contributed by atoms with E-state index in [1.807, 2.05) is 0 Å². The Labute approximate surface area is 105 Å². The second kappa shape index (κ2) is 5.03. The Kier molecular flexibility index (Phi) is 3.45. The van der Waals surface area contributed by atoms with Gasteiger partial charge in [0.05, 0.1) is 11.3 Å². The molecule has 1 aliphatic heterocycles. The molecule has 0 bridgehead atoms. The minimum Gasteiger partial charge on any atom is -0.379 e. The Balaban J connectivity index is 2.29. The molecule has 0 radical (unpaired) electrons. The summed E-state index contributed by atoms with van der Waals surface area (Å²) >= 11 is 0. The van der Waals surface area contributed by atoms with Crippen LogP contribution in [0.4, 0.5) is 17.1 Å². The van der Waals surface area contributed by atoms with Gasteiger partial charge in [-0.2, -0.15) is 0 Å². The number of nitrogens with one attached hydrogen (secondary N) is 2. The highest BCUT2D eigenvalue weighted by atomic mass is 16.6. The van der Waals surface area contributed by atoms with Gasteiger partial charge in [-0.3, -0.25) is 14.9 Å². The first-order valence-electron chi connectivity index (χ1n) is 5.97. The Hall–Kier alpha value is -2.11. The van der Waals surface area contributed by atoms with Gasteiger partial charge in [-0.15, -0.1) is 0 Å². The van der Waals surface area contributed by atoms with Gasteiger partial charge in [0.2, 0.25) is 5.91 Å². The van der Waals surface area contributed by atoms with Crippen molar-refractivity contribution in [2.45, 2.75) is 26.2 Å². The minimum absolute atomic E-state index is 0.0290. The van der Waals surface area contributed by atoms with Gasteiger partial charge in [-0.1, -0.05) is 13.3 Å². The molecule has 6 nitrogen and oxygen atoms in total. The van der Waals surface area contributed by atoms with Crippen LogP contribution in [0.3, 0.4) is 0 Å². The summed E-state index contributed by atoms with van der Waals surface area (Å²) in [6.07, 6.45) is 2.18. The number of unbranched alkanes of at least 4 members (excludes halogenated alkanes) is 1. The molecule has 0 atom stereocenters. The predicted molar refractivity (Wildman–Crippen MR) is 68.8 cm³/mol. The lowest BCUT2D eigenvalue weighted by Crippen LogP contribution is -2.05. The highest BCUT2D eigenvalue weighted by Crippen LogP contribution is 2.34. The van der Waals surface area contributed by atoms with E-state index in [-0.39, 0.29) is 18.0 Å². The molecule has 0 saturated carbocycles. The predicted octanol–water partition coefficient (Wildman–Crippen LogP) is 2.30. The van der Waals surface area contributed by atoms with Gasteiger partial charge >= 0.3 is 0 Å². The van der Waals surface area contributed by atoms with E-state index < -0.39 is 4.92 Å². The van der Waals surface area contributed by atoms with Crippen molar-refractivity contribution in [2.75, 3.05) is 17.2 Å². The summed E-state index contributed by atoms with van der Waals surface area (Å²) in [5, 5.41) is 16.7. The molecule has 0 aromatic heterocycles. The molecule has 2 N–H and O–H groups in total.